The number of esters is 1. The molecule has 0 radical (unpaired) electrons. The molecule has 0 atom stereocenters. The SMILES string of the molecule is COC(=O)CN(C(=O)CC1=CCCCC1)C(C)C. The third-order valence-corrected chi connectivity index (χ3v) is 3.23. The van der Waals surface area contributed by atoms with Crippen LogP contribution >= 0.6 is 0 Å². The summed E-state index contributed by atoms with van der Waals surface area (Å²) in [6.45, 7) is 3.87. The number of amides is 1. The van der Waals surface area contributed by atoms with Crippen LogP contribution in [-0.2, 0) is 14.3 Å². The first kappa shape index (κ1) is 14.7. The Kier molecular flexibility index (Phi) is 5.89. The fourth-order valence-corrected chi connectivity index (χ4v) is 2.12. The van der Waals surface area contributed by atoms with Crippen molar-refractivity contribution in [2.45, 2.75) is 52.0 Å². The van der Waals surface area contributed by atoms with Gasteiger partial charge in [-0.1, -0.05) is 11.6 Å². The third kappa shape index (κ3) is 4.51. The molecule has 18 heavy (non-hydrogen) atoms. The molecule has 0 unspecified atom stereocenters. The highest BCUT2D eigenvalue weighted by Crippen LogP contribution is 2.21. The van der Waals surface area contributed by atoms with Gasteiger partial charge in [0.2, 0.25) is 5.91 Å². The van der Waals surface area contributed by atoms with E-state index in [1.165, 1.54) is 19.1 Å². The van der Waals surface area contributed by atoms with E-state index >= 15 is 0 Å². The lowest BCUT2D eigenvalue weighted by atomic mass is 9.96. The zero-order valence-electron chi connectivity index (χ0n) is 11.6. The molecule has 4 nitrogen and oxygen atoms in total. The first-order chi connectivity index (χ1) is 8.54. The van der Waals surface area contributed by atoms with Crippen LogP contribution in [0.4, 0.5) is 0 Å². The Hall–Kier alpha value is -1.32. The molecule has 0 aromatic carbocycles. The number of carbonyl (C=O) groups is 2. The molecule has 0 spiro atoms. The molecule has 0 bridgehead atoms. The largest absolute Gasteiger partial charge is 0.468 e. The summed E-state index contributed by atoms with van der Waals surface area (Å²) in [6, 6.07) is 0.0146. The number of carbonyl (C=O) groups excluding carboxylic acids is 2. The summed E-state index contributed by atoms with van der Waals surface area (Å²) in [5, 5.41) is 0. The average molecular weight is 253 g/mol. The average Bonchev–Trinajstić information content (AvgIpc) is 2.36. The summed E-state index contributed by atoms with van der Waals surface area (Å²) in [5.41, 5.74) is 1.21. The van der Waals surface area contributed by atoms with Crippen molar-refractivity contribution in [2.24, 2.45) is 0 Å². The van der Waals surface area contributed by atoms with Crippen LogP contribution in [0.15, 0.2) is 11.6 Å². The molecule has 4 heteroatoms. The quantitative estimate of drug-likeness (QED) is 0.558. The van der Waals surface area contributed by atoms with E-state index in [-0.39, 0.29) is 24.5 Å². The van der Waals surface area contributed by atoms with E-state index in [2.05, 4.69) is 10.8 Å². The van der Waals surface area contributed by atoms with E-state index in [4.69, 9.17) is 0 Å². The van der Waals surface area contributed by atoms with Crippen LogP contribution in [0.1, 0.15) is 46.0 Å². The molecule has 102 valence electrons. The lowest BCUT2D eigenvalue weighted by molar-refractivity contribution is -0.148. The van der Waals surface area contributed by atoms with Gasteiger partial charge >= 0.3 is 5.97 Å². The number of hydrogen-bond donors (Lipinski definition) is 0. The van der Waals surface area contributed by atoms with Gasteiger partial charge in [-0.3, -0.25) is 9.59 Å². The molecule has 0 aliphatic heterocycles. The minimum absolute atomic E-state index is 0.0146. The summed E-state index contributed by atoms with van der Waals surface area (Å²) in [4.78, 5) is 25.1. The lowest BCUT2D eigenvalue weighted by Crippen LogP contribution is -2.41. The second-order valence-electron chi connectivity index (χ2n) is 4.98. The maximum Gasteiger partial charge on any atom is 0.325 e. The Bertz CT molecular complexity index is 334. The zero-order valence-corrected chi connectivity index (χ0v) is 11.6. The minimum atomic E-state index is -0.366. The highest BCUT2D eigenvalue weighted by molar-refractivity contribution is 5.83. The number of allylic oxidation sites excluding steroid dienone is 1. The van der Waals surface area contributed by atoms with E-state index in [9.17, 15) is 9.59 Å². The molecule has 0 saturated heterocycles. The van der Waals surface area contributed by atoms with Crippen molar-refractivity contribution >= 4 is 11.9 Å². The second kappa shape index (κ2) is 7.19. The van der Waals surface area contributed by atoms with E-state index in [1.807, 2.05) is 13.8 Å². The number of rotatable bonds is 5. The van der Waals surface area contributed by atoms with E-state index in [0.29, 0.717) is 6.42 Å². The molecule has 0 heterocycles. The number of hydrogen-bond acceptors (Lipinski definition) is 3. The standard InChI is InChI=1S/C14H23NO3/c1-11(2)15(10-14(17)18-3)13(16)9-12-7-5-4-6-8-12/h7,11H,4-6,8-10H2,1-3H3. The predicted octanol–water partition coefficient (Wildman–Crippen LogP) is 2.29. The molecular formula is C14H23NO3. The molecule has 0 aromatic heterocycles. The molecule has 0 saturated carbocycles. The van der Waals surface area contributed by atoms with E-state index in [1.54, 1.807) is 4.90 Å². The van der Waals surface area contributed by atoms with Crippen LogP contribution in [0.5, 0.6) is 0 Å². The molecule has 0 N–H and O–H groups in total. The van der Waals surface area contributed by atoms with Gasteiger partial charge in [0.15, 0.2) is 0 Å². The van der Waals surface area contributed by atoms with Gasteiger partial charge in [-0.05, 0) is 39.5 Å². The summed E-state index contributed by atoms with van der Waals surface area (Å²) in [6.07, 6.45) is 7.07. The van der Waals surface area contributed by atoms with Crippen LogP contribution in [-0.4, -0.2) is 36.5 Å². The van der Waals surface area contributed by atoms with Gasteiger partial charge in [-0.2, -0.15) is 0 Å². The Morgan fingerprint density at radius 3 is 2.61 bits per heavy atom. The van der Waals surface area contributed by atoms with Gasteiger partial charge in [0.25, 0.3) is 0 Å². The molecule has 1 amide bonds. The smallest absolute Gasteiger partial charge is 0.325 e. The predicted molar refractivity (Wildman–Crippen MR) is 70.0 cm³/mol. The van der Waals surface area contributed by atoms with Gasteiger partial charge in [0.1, 0.15) is 6.54 Å². The van der Waals surface area contributed by atoms with Crippen LogP contribution in [0, 0.1) is 0 Å². The first-order valence-electron chi connectivity index (χ1n) is 6.58. The molecular weight excluding hydrogens is 230 g/mol. The van der Waals surface area contributed by atoms with E-state index < -0.39 is 0 Å². The maximum atomic E-state index is 12.2. The van der Waals surface area contributed by atoms with E-state index in [0.717, 1.165) is 19.3 Å². The monoisotopic (exact) mass is 253 g/mol. The topological polar surface area (TPSA) is 46.6 Å². The highest BCUT2D eigenvalue weighted by Gasteiger charge is 2.21. The van der Waals surface area contributed by atoms with Crippen LogP contribution in [0.3, 0.4) is 0 Å². The van der Waals surface area contributed by atoms with Crippen molar-refractivity contribution in [3.05, 3.63) is 11.6 Å². The van der Waals surface area contributed by atoms with Crippen LogP contribution < -0.4 is 0 Å². The first-order valence-corrected chi connectivity index (χ1v) is 6.58. The van der Waals surface area contributed by atoms with Crippen molar-refractivity contribution in [3.8, 4) is 0 Å². The second-order valence-corrected chi connectivity index (χ2v) is 4.98. The van der Waals surface area contributed by atoms with Crippen molar-refractivity contribution in [1.82, 2.24) is 4.90 Å². The van der Waals surface area contributed by atoms with Crippen molar-refractivity contribution in [2.75, 3.05) is 13.7 Å². The van der Waals surface area contributed by atoms with Gasteiger partial charge in [0, 0.05) is 12.5 Å². The Balaban J connectivity index is 2.59. The summed E-state index contributed by atoms with van der Waals surface area (Å²) in [5.74, 6) is -0.349. The normalized spacial score (nSPS) is 15.2. The Morgan fingerprint density at radius 1 is 1.39 bits per heavy atom. The van der Waals surface area contributed by atoms with Crippen molar-refractivity contribution in [3.63, 3.8) is 0 Å². The van der Waals surface area contributed by atoms with Gasteiger partial charge < -0.3 is 9.64 Å². The third-order valence-electron chi connectivity index (χ3n) is 3.23. The highest BCUT2D eigenvalue weighted by atomic mass is 16.5. The van der Waals surface area contributed by atoms with Crippen LogP contribution in [0.2, 0.25) is 0 Å². The minimum Gasteiger partial charge on any atom is -0.468 e. The molecule has 0 fully saturated rings. The number of methoxy groups -OCH3 is 1. The molecule has 0 aromatic rings. The number of nitrogens with zero attached hydrogens (tertiary/aromatic N) is 1. The maximum absolute atomic E-state index is 12.2. The Labute approximate surface area is 109 Å². The summed E-state index contributed by atoms with van der Waals surface area (Å²) >= 11 is 0. The Morgan fingerprint density at radius 2 is 2.11 bits per heavy atom. The van der Waals surface area contributed by atoms with Crippen LogP contribution in [0.25, 0.3) is 0 Å². The lowest BCUT2D eigenvalue weighted by Gasteiger charge is -2.26. The summed E-state index contributed by atoms with van der Waals surface area (Å²) < 4.78 is 4.62. The fraction of sp³-hybridized carbons (Fsp3) is 0.714. The van der Waals surface area contributed by atoms with Crippen molar-refractivity contribution in [1.29, 1.82) is 0 Å². The number of ether oxygens (including phenoxy) is 1. The van der Waals surface area contributed by atoms with Gasteiger partial charge in [-0.25, -0.2) is 0 Å². The van der Waals surface area contributed by atoms with Crippen molar-refractivity contribution < 1.29 is 14.3 Å². The molecule has 1 aliphatic rings. The van der Waals surface area contributed by atoms with Gasteiger partial charge in [-0.15, -0.1) is 0 Å². The summed E-state index contributed by atoms with van der Waals surface area (Å²) in [7, 11) is 1.34. The molecule has 1 aliphatic carbocycles. The van der Waals surface area contributed by atoms with Gasteiger partial charge in [0.05, 0.1) is 7.11 Å². The fourth-order valence-electron chi connectivity index (χ4n) is 2.12. The molecule has 1 rings (SSSR count). The zero-order chi connectivity index (χ0) is 13.5.